The van der Waals surface area contributed by atoms with E-state index in [1.54, 1.807) is 20.8 Å². The maximum atomic E-state index is 13.3. The van der Waals surface area contributed by atoms with Gasteiger partial charge in [0, 0.05) is 18.5 Å². The molecule has 0 fully saturated rings. The van der Waals surface area contributed by atoms with Crippen LogP contribution in [0.5, 0.6) is 0 Å². The second-order valence-corrected chi connectivity index (χ2v) is 6.64. The van der Waals surface area contributed by atoms with E-state index < -0.39 is 28.9 Å². The van der Waals surface area contributed by atoms with E-state index in [9.17, 15) is 23.2 Å². The minimum Gasteiger partial charge on any atom is -0.481 e. The predicted octanol–water partition coefficient (Wildman–Crippen LogP) is 1.93. The number of hydrogen-bond acceptors (Lipinski definition) is 3. The molecule has 0 bridgehead atoms. The Morgan fingerprint density at radius 1 is 1.16 bits per heavy atom. The zero-order valence-corrected chi connectivity index (χ0v) is 14.4. The van der Waals surface area contributed by atoms with Crippen molar-refractivity contribution in [3.05, 3.63) is 35.4 Å². The highest BCUT2D eigenvalue weighted by molar-refractivity contribution is 5.87. The molecule has 25 heavy (non-hydrogen) atoms. The number of halogens is 2. The Morgan fingerprint density at radius 3 is 2.32 bits per heavy atom. The fourth-order valence-electron chi connectivity index (χ4n) is 1.91. The van der Waals surface area contributed by atoms with Gasteiger partial charge in [-0.1, -0.05) is 26.8 Å². The van der Waals surface area contributed by atoms with Gasteiger partial charge < -0.3 is 15.3 Å². The number of amides is 2. The van der Waals surface area contributed by atoms with Gasteiger partial charge in [-0.3, -0.25) is 14.4 Å². The average Bonchev–Trinajstić information content (AvgIpc) is 2.50. The third-order valence-electron chi connectivity index (χ3n) is 3.39. The van der Waals surface area contributed by atoms with Crippen molar-refractivity contribution in [2.75, 3.05) is 13.1 Å². The second kappa shape index (κ2) is 8.55. The van der Waals surface area contributed by atoms with Crippen molar-refractivity contribution < 1.29 is 28.3 Å². The minimum absolute atomic E-state index is 0.0886. The van der Waals surface area contributed by atoms with Crippen LogP contribution in [-0.4, -0.2) is 40.9 Å². The lowest BCUT2D eigenvalue weighted by atomic mass is 9.96. The summed E-state index contributed by atoms with van der Waals surface area (Å²) >= 11 is 0. The molecule has 6 nitrogen and oxygen atoms in total. The first-order valence-corrected chi connectivity index (χ1v) is 7.72. The van der Waals surface area contributed by atoms with Crippen molar-refractivity contribution in [2.24, 2.45) is 5.41 Å². The van der Waals surface area contributed by atoms with Gasteiger partial charge >= 0.3 is 5.97 Å². The van der Waals surface area contributed by atoms with E-state index in [-0.39, 0.29) is 32.0 Å². The number of carboxylic acids is 1. The summed E-state index contributed by atoms with van der Waals surface area (Å²) < 4.78 is 26.3. The maximum absolute atomic E-state index is 13.3. The van der Waals surface area contributed by atoms with Crippen LogP contribution in [0.3, 0.4) is 0 Å². The van der Waals surface area contributed by atoms with Crippen LogP contribution in [0.4, 0.5) is 8.78 Å². The zero-order chi connectivity index (χ0) is 19.2. The number of carbonyl (C=O) groups excluding carboxylic acids is 2. The number of benzene rings is 1. The number of aliphatic carboxylic acids is 1. The Hall–Kier alpha value is -2.51. The van der Waals surface area contributed by atoms with Crippen molar-refractivity contribution >= 4 is 17.8 Å². The Labute approximate surface area is 144 Å². The maximum Gasteiger partial charge on any atom is 0.305 e. The molecule has 2 N–H and O–H groups in total. The number of nitrogens with zero attached hydrogens (tertiary/aromatic N) is 1. The highest BCUT2D eigenvalue weighted by atomic mass is 19.2. The van der Waals surface area contributed by atoms with Crippen LogP contribution in [0.25, 0.3) is 0 Å². The van der Waals surface area contributed by atoms with Crippen LogP contribution in [-0.2, 0) is 20.9 Å². The Bertz CT molecular complexity index is 657. The quantitative estimate of drug-likeness (QED) is 0.782. The molecule has 0 unspecified atom stereocenters. The summed E-state index contributed by atoms with van der Waals surface area (Å²) in [5, 5.41) is 11.3. The molecular weight excluding hydrogens is 334 g/mol. The van der Waals surface area contributed by atoms with E-state index in [1.807, 2.05) is 0 Å². The molecule has 1 aromatic carbocycles. The number of carboxylic acid groups (broad SMARTS) is 1. The van der Waals surface area contributed by atoms with Crippen molar-refractivity contribution in [1.29, 1.82) is 0 Å². The molecule has 0 spiro atoms. The molecule has 1 aromatic rings. The minimum atomic E-state index is -1.10. The Morgan fingerprint density at radius 2 is 1.80 bits per heavy atom. The molecule has 0 heterocycles. The van der Waals surface area contributed by atoms with E-state index in [0.717, 1.165) is 12.1 Å². The van der Waals surface area contributed by atoms with Crippen LogP contribution in [0.2, 0.25) is 0 Å². The van der Waals surface area contributed by atoms with Crippen LogP contribution >= 0.6 is 0 Å². The van der Waals surface area contributed by atoms with Crippen molar-refractivity contribution in [2.45, 2.75) is 33.7 Å². The standard InChI is InChI=1S/C17H22F2N2O4/c1-17(2,3)16(25)20-9-14(22)21(7-6-15(23)24)10-11-4-5-12(18)13(19)8-11/h4-5,8H,6-7,9-10H2,1-3H3,(H,20,25)(H,23,24). The molecule has 0 aliphatic carbocycles. The largest absolute Gasteiger partial charge is 0.481 e. The normalized spacial score (nSPS) is 11.1. The molecule has 0 saturated carbocycles. The van der Waals surface area contributed by atoms with Crippen LogP contribution in [0.15, 0.2) is 18.2 Å². The summed E-state index contributed by atoms with van der Waals surface area (Å²) in [6.45, 7) is 4.57. The Balaban J connectivity index is 2.80. The molecule has 0 aliphatic rings. The molecule has 0 aliphatic heterocycles. The van der Waals surface area contributed by atoms with Gasteiger partial charge in [0.25, 0.3) is 0 Å². The van der Waals surface area contributed by atoms with E-state index >= 15 is 0 Å². The van der Waals surface area contributed by atoms with Gasteiger partial charge in [-0.25, -0.2) is 8.78 Å². The molecule has 0 saturated heterocycles. The van der Waals surface area contributed by atoms with Gasteiger partial charge in [-0.05, 0) is 17.7 Å². The SMILES string of the molecule is CC(C)(C)C(=O)NCC(=O)N(CCC(=O)O)Cc1ccc(F)c(F)c1. The summed E-state index contributed by atoms with van der Waals surface area (Å²) in [5.41, 5.74) is -0.355. The lowest BCUT2D eigenvalue weighted by Gasteiger charge is -2.24. The first-order chi connectivity index (χ1) is 11.5. The van der Waals surface area contributed by atoms with Crippen LogP contribution in [0, 0.1) is 17.0 Å². The zero-order valence-electron chi connectivity index (χ0n) is 14.4. The fraction of sp³-hybridized carbons (Fsp3) is 0.471. The van der Waals surface area contributed by atoms with Crippen molar-refractivity contribution in [3.8, 4) is 0 Å². The van der Waals surface area contributed by atoms with Gasteiger partial charge in [-0.2, -0.15) is 0 Å². The van der Waals surface area contributed by atoms with Crippen molar-refractivity contribution in [1.82, 2.24) is 10.2 Å². The summed E-state index contributed by atoms with van der Waals surface area (Å²) in [6, 6.07) is 3.20. The monoisotopic (exact) mass is 356 g/mol. The lowest BCUT2D eigenvalue weighted by Crippen LogP contribution is -2.43. The second-order valence-electron chi connectivity index (χ2n) is 6.64. The van der Waals surface area contributed by atoms with Gasteiger partial charge in [0.05, 0.1) is 13.0 Å². The van der Waals surface area contributed by atoms with Gasteiger partial charge in [0.1, 0.15) is 0 Å². The van der Waals surface area contributed by atoms with Crippen LogP contribution < -0.4 is 5.32 Å². The van der Waals surface area contributed by atoms with E-state index in [0.29, 0.717) is 5.56 Å². The van der Waals surface area contributed by atoms with E-state index in [1.165, 1.54) is 11.0 Å². The number of hydrogen-bond donors (Lipinski definition) is 2. The average molecular weight is 356 g/mol. The molecule has 138 valence electrons. The first kappa shape index (κ1) is 20.5. The fourth-order valence-corrected chi connectivity index (χ4v) is 1.91. The van der Waals surface area contributed by atoms with E-state index in [4.69, 9.17) is 5.11 Å². The number of carbonyl (C=O) groups is 3. The first-order valence-electron chi connectivity index (χ1n) is 7.72. The molecular formula is C17H22F2N2O4. The molecule has 1 rings (SSSR count). The summed E-state index contributed by atoms with van der Waals surface area (Å²) in [6.07, 6.45) is -0.303. The third kappa shape index (κ3) is 6.86. The molecule has 0 aromatic heterocycles. The topological polar surface area (TPSA) is 86.7 Å². The summed E-state index contributed by atoms with van der Waals surface area (Å²) in [4.78, 5) is 36.1. The highest BCUT2D eigenvalue weighted by Crippen LogP contribution is 2.13. The molecule has 0 radical (unpaired) electrons. The van der Waals surface area contributed by atoms with Crippen LogP contribution in [0.1, 0.15) is 32.8 Å². The molecule has 2 amide bonds. The van der Waals surface area contributed by atoms with Gasteiger partial charge in [0.2, 0.25) is 11.8 Å². The lowest BCUT2D eigenvalue weighted by molar-refractivity contribution is -0.139. The van der Waals surface area contributed by atoms with Crippen molar-refractivity contribution in [3.63, 3.8) is 0 Å². The van der Waals surface area contributed by atoms with Gasteiger partial charge in [-0.15, -0.1) is 0 Å². The summed E-state index contributed by atoms with van der Waals surface area (Å²) in [7, 11) is 0. The number of rotatable bonds is 7. The Kier molecular flexibility index (Phi) is 7.02. The number of nitrogens with one attached hydrogen (secondary N) is 1. The predicted molar refractivity (Wildman–Crippen MR) is 86.5 cm³/mol. The van der Waals surface area contributed by atoms with E-state index in [2.05, 4.69) is 5.32 Å². The molecule has 0 atom stereocenters. The smallest absolute Gasteiger partial charge is 0.305 e. The summed E-state index contributed by atoms with van der Waals surface area (Å²) in [5.74, 6) is -3.99. The van der Waals surface area contributed by atoms with Gasteiger partial charge in [0.15, 0.2) is 11.6 Å². The third-order valence-corrected chi connectivity index (χ3v) is 3.39. The molecule has 8 heteroatoms. The highest BCUT2D eigenvalue weighted by Gasteiger charge is 2.23.